The molecule has 3 aliphatic rings. The lowest BCUT2D eigenvalue weighted by Crippen LogP contribution is -2.62. The molecule has 69 heavy (non-hydrogen) atoms. The third kappa shape index (κ3) is 16.3. The Balaban J connectivity index is 2.15. The SMILES string of the molecule is CC[C@H]1OC(=O)[C@H](C)[C@@H](OC2CC(C)(OC)C(OC(=O)NCCCCCC(=O)O)C(C)O2)[C@H](C)[C@@H](OC2OC(C)CC(N(C)C)C2O)[C@](C)(O)C[C@@H](C)[C@H](NC(=O)OC(C)(C)C)[C@H](C)[C@@H](O)[C@]1(C)O. The number of aliphatic hydroxyl groups excluding tert-OH is 2. The fourth-order valence-electron chi connectivity index (χ4n) is 10.5. The van der Waals surface area contributed by atoms with Gasteiger partial charge in [0.1, 0.15) is 29.0 Å². The van der Waals surface area contributed by atoms with Crippen LogP contribution < -0.4 is 10.6 Å². The molecule has 20 nitrogen and oxygen atoms in total. The number of likely N-dealkylation sites (N-methyl/N-ethyl adjacent to an activating group) is 1. The number of nitrogens with zero attached hydrogens (tertiary/aromatic N) is 1. The maximum absolute atomic E-state index is 14.6. The monoisotopic (exact) mass is 992 g/mol. The van der Waals surface area contributed by atoms with Crippen LogP contribution in [-0.4, -0.2) is 178 Å². The summed E-state index contributed by atoms with van der Waals surface area (Å²) in [7, 11) is 5.14. The van der Waals surface area contributed by atoms with E-state index in [-0.39, 0.29) is 44.4 Å². The largest absolute Gasteiger partial charge is 0.481 e. The molecule has 0 saturated carbocycles. The zero-order valence-electron chi connectivity index (χ0n) is 44.2. The predicted molar refractivity (Wildman–Crippen MR) is 253 cm³/mol. The molecule has 0 aromatic carbocycles. The standard InChI is InChI=1S/C49H89N3O17/c1-17-33-49(13,61)39(56)28(4)36(51-45(59)69-46(8,9)10)26(2)24-47(11,60)40(67-43-37(55)32(52(14)15)23-27(3)63-43)29(5)38(30(6)42(57)65-33)66-35-25-48(12,62-16)41(31(7)64-35)68-44(58)50-22-20-18-19-21-34(53)54/h26-33,35-41,43,55-56,60-61H,17-25H2,1-16H3,(H,50,58)(H,51,59)(H,53,54)/t26-,27?,28+,29+,30-,31?,32?,33-,35?,36+,37?,38+,39-,40-,41?,43?,47-,48?,49-/m1/s1. The van der Waals surface area contributed by atoms with Gasteiger partial charge in [-0.25, -0.2) is 9.59 Å². The van der Waals surface area contributed by atoms with E-state index >= 15 is 0 Å². The van der Waals surface area contributed by atoms with Crippen molar-refractivity contribution < 1.29 is 82.6 Å². The topological polar surface area (TPSA) is 271 Å². The van der Waals surface area contributed by atoms with Crippen LogP contribution in [0, 0.1) is 23.7 Å². The number of unbranched alkanes of at least 4 members (excludes halogenated alkanes) is 2. The zero-order chi connectivity index (χ0) is 52.6. The van der Waals surface area contributed by atoms with Crippen molar-refractivity contribution in [2.75, 3.05) is 27.7 Å². The first-order chi connectivity index (χ1) is 31.8. The molecule has 19 atom stereocenters. The maximum atomic E-state index is 14.6. The van der Waals surface area contributed by atoms with Crippen molar-refractivity contribution in [3.05, 3.63) is 0 Å². The first-order valence-electron chi connectivity index (χ1n) is 24.8. The summed E-state index contributed by atoms with van der Waals surface area (Å²) < 4.78 is 50.0. The highest BCUT2D eigenvalue weighted by Gasteiger charge is 2.55. The van der Waals surface area contributed by atoms with E-state index in [0.717, 1.165) is 0 Å². The second-order valence-electron chi connectivity index (χ2n) is 21.9. The van der Waals surface area contributed by atoms with Gasteiger partial charge in [0.05, 0.1) is 42.0 Å². The molecule has 0 radical (unpaired) electrons. The number of cyclic esters (lactones) is 1. The number of alkyl carbamates (subject to hydrolysis) is 2. The summed E-state index contributed by atoms with van der Waals surface area (Å²) in [6.45, 7) is 22.1. The number of aliphatic hydroxyl groups is 4. The normalized spacial score (nSPS) is 40.8. The molecule has 3 heterocycles. The minimum absolute atomic E-state index is 0.00815. The van der Waals surface area contributed by atoms with E-state index in [9.17, 15) is 39.6 Å². The lowest BCUT2D eigenvalue weighted by Gasteiger charge is -2.50. The first-order valence-corrected chi connectivity index (χ1v) is 24.8. The molecule has 2 amide bonds. The summed E-state index contributed by atoms with van der Waals surface area (Å²) in [4.78, 5) is 53.9. The number of methoxy groups -OCH3 is 1. The van der Waals surface area contributed by atoms with Crippen LogP contribution in [0.3, 0.4) is 0 Å². The molecule has 0 spiro atoms. The molecular weight excluding hydrogens is 903 g/mol. The Morgan fingerprint density at radius 3 is 2.09 bits per heavy atom. The van der Waals surface area contributed by atoms with Gasteiger partial charge in [-0.3, -0.25) is 9.59 Å². The number of carboxylic acid groups (broad SMARTS) is 1. The average molecular weight is 992 g/mol. The number of nitrogens with one attached hydrogen (secondary N) is 2. The molecule has 0 aromatic rings. The fourth-order valence-corrected chi connectivity index (χ4v) is 10.5. The molecular formula is C49H89N3O17. The Kier molecular flexibility index (Phi) is 22.0. The molecule has 3 aliphatic heterocycles. The third-order valence-corrected chi connectivity index (χ3v) is 14.3. The molecule has 3 rings (SSSR count). The number of ether oxygens (including phenoxy) is 8. The number of carbonyl (C=O) groups excluding carboxylic acids is 3. The van der Waals surface area contributed by atoms with Crippen LogP contribution in [-0.2, 0) is 47.5 Å². The van der Waals surface area contributed by atoms with Crippen LogP contribution in [0.4, 0.5) is 9.59 Å². The van der Waals surface area contributed by atoms with Crippen molar-refractivity contribution in [3.8, 4) is 0 Å². The van der Waals surface area contributed by atoms with Gasteiger partial charge in [0.2, 0.25) is 0 Å². The van der Waals surface area contributed by atoms with Crippen molar-refractivity contribution in [2.24, 2.45) is 23.7 Å². The van der Waals surface area contributed by atoms with Crippen LogP contribution in [0.1, 0.15) is 141 Å². The van der Waals surface area contributed by atoms with Gasteiger partial charge in [0, 0.05) is 50.4 Å². The number of esters is 1. The summed E-state index contributed by atoms with van der Waals surface area (Å²) in [5.41, 5.74) is -5.98. The summed E-state index contributed by atoms with van der Waals surface area (Å²) in [6.07, 6.45) is -10.3. The Labute approximate surface area is 410 Å². The van der Waals surface area contributed by atoms with Crippen molar-refractivity contribution in [3.63, 3.8) is 0 Å². The molecule has 0 bridgehead atoms. The lowest BCUT2D eigenvalue weighted by atomic mass is 9.72. The summed E-state index contributed by atoms with van der Waals surface area (Å²) in [6, 6.07) is -1.32. The lowest BCUT2D eigenvalue weighted by molar-refractivity contribution is -0.318. The van der Waals surface area contributed by atoms with Crippen LogP contribution in [0.15, 0.2) is 0 Å². The summed E-state index contributed by atoms with van der Waals surface area (Å²) in [5, 5.41) is 63.4. The average Bonchev–Trinajstić information content (AvgIpc) is 3.23. The fraction of sp³-hybridized carbons (Fsp3) is 0.918. The van der Waals surface area contributed by atoms with E-state index in [1.54, 1.807) is 76.2 Å². The van der Waals surface area contributed by atoms with Gasteiger partial charge < -0.3 is 79.0 Å². The second kappa shape index (κ2) is 25.2. The molecule has 8 unspecified atom stereocenters. The Hall–Kier alpha value is -2.92. The van der Waals surface area contributed by atoms with Gasteiger partial charge in [0.15, 0.2) is 18.7 Å². The highest BCUT2D eigenvalue weighted by molar-refractivity contribution is 5.73. The van der Waals surface area contributed by atoms with Gasteiger partial charge in [-0.2, -0.15) is 0 Å². The smallest absolute Gasteiger partial charge is 0.407 e. The predicted octanol–water partition coefficient (Wildman–Crippen LogP) is 4.49. The van der Waals surface area contributed by atoms with Crippen LogP contribution in [0.2, 0.25) is 0 Å². The van der Waals surface area contributed by atoms with Gasteiger partial charge in [-0.05, 0) is 114 Å². The number of carbonyl (C=O) groups is 4. The summed E-state index contributed by atoms with van der Waals surface area (Å²) >= 11 is 0. The van der Waals surface area contributed by atoms with Gasteiger partial charge in [-0.1, -0.05) is 34.1 Å². The number of aliphatic carboxylic acids is 1. The Morgan fingerprint density at radius 2 is 1.52 bits per heavy atom. The van der Waals surface area contributed by atoms with Crippen LogP contribution >= 0.6 is 0 Å². The second-order valence-corrected chi connectivity index (χ2v) is 21.9. The van der Waals surface area contributed by atoms with Gasteiger partial charge in [0.25, 0.3) is 0 Å². The van der Waals surface area contributed by atoms with Gasteiger partial charge >= 0.3 is 24.1 Å². The Bertz CT molecular complexity index is 1660. The first kappa shape index (κ1) is 60.4. The van der Waals surface area contributed by atoms with Crippen LogP contribution in [0.25, 0.3) is 0 Å². The minimum Gasteiger partial charge on any atom is -0.481 e. The number of carboxylic acids is 1. The third-order valence-electron chi connectivity index (χ3n) is 14.3. The van der Waals surface area contributed by atoms with Crippen molar-refractivity contribution in [1.29, 1.82) is 0 Å². The summed E-state index contributed by atoms with van der Waals surface area (Å²) in [5.74, 6) is -5.34. The number of rotatable bonds is 15. The molecule has 402 valence electrons. The van der Waals surface area contributed by atoms with E-state index in [0.29, 0.717) is 25.7 Å². The molecule has 3 saturated heterocycles. The molecule has 0 aliphatic carbocycles. The van der Waals surface area contributed by atoms with Crippen molar-refractivity contribution in [1.82, 2.24) is 15.5 Å². The number of hydrogen-bond donors (Lipinski definition) is 7. The van der Waals surface area contributed by atoms with E-state index < -0.39 is 132 Å². The zero-order valence-corrected chi connectivity index (χ0v) is 44.2. The molecule has 20 heteroatoms. The Morgan fingerprint density at radius 1 is 0.884 bits per heavy atom. The minimum atomic E-state index is -2.05. The highest BCUT2D eigenvalue weighted by Crippen LogP contribution is 2.42. The van der Waals surface area contributed by atoms with Crippen molar-refractivity contribution in [2.45, 2.75) is 237 Å². The molecule has 0 aromatic heterocycles. The van der Waals surface area contributed by atoms with E-state index in [2.05, 4.69) is 10.6 Å². The number of amides is 2. The van der Waals surface area contributed by atoms with Crippen molar-refractivity contribution >= 4 is 24.1 Å². The number of hydrogen-bond acceptors (Lipinski definition) is 17. The quantitative estimate of drug-likeness (QED) is 0.0677. The highest BCUT2D eigenvalue weighted by atomic mass is 16.7. The van der Waals surface area contributed by atoms with Gasteiger partial charge in [-0.15, -0.1) is 0 Å². The van der Waals surface area contributed by atoms with Crippen LogP contribution in [0.5, 0.6) is 0 Å². The molecule has 7 N–H and O–H groups in total. The maximum Gasteiger partial charge on any atom is 0.407 e. The van der Waals surface area contributed by atoms with E-state index in [1.165, 1.54) is 14.0 Å². The van der Waals surface area contributed by atoms with E-state index in [4.69, 9.17) is 43.0 Å². The van der Waals surface area contributed by atoms with E-state index in [1.807, 2.05) is 25.9 Å². The molecule has 3 fully saturated rings.